The fourth-order valence-electron chi connectivity index (χ4n) is 4.11. The summed E-state index contributed by atoms with van der Waals surface area (Å²) in [4.78, 5) is 53.9. The van der Waals surface area contributed by atoms with Crippen molar-refractivity contribution in [3.05, 3.63) is 90.5 Å². The van der Waals surface area contributed by atoms with E-state index in [0.29, 0.717) is 5.56 Å². The molecule has 0 saturated carbocycles. The molecule has 220 valence electrons. The number of ether oxygens (including phenoxy) is 2. The summed E-state index contributed by atoms with van der Waals surface area (Å²) in [5.41, 5.74) is 1.31. The van der Waals surface area contributed by atoms with Crippen molar-refractivity contribution in [3.63, 3.8) is 0 Å². The Morgan fingerprint density at radius 3 is 2.34 bits per heavy atom. The predicted octanol–water partition coefficient (Wildman–Crippen LogP) is 4.59. The molecule has 2 N–H and O–H groups in total. The monoisotopic (exact) mass is 563 g/mol. The number of nitrogens with one attached hydrogen (secondary N) is 2. The largest absolute Gasteiger partial charge is 0.466 e. The molecule has 2 aromatic carbocycles. The fourth-order valence-corrected chi connectivity index (χ4v) is 4.11. The number of amides is 3. The van der Waals surface area contributed by atoms with Crippen LogP contribution in [0.5, 0.6) is 0 Å². The lowest BCUT2D eigenvalue weighted by molar-refractivity contribution is -0.144. The van der Waals surface area contributed by atoms with Crippen LogP contribution >= 0.6 is 0 Å². The van der Waals surface area contributed by atoms with Gasteiger partial charge in [-0.3, -0.25) is 14.4 Å². The Labute approximate surface area is 242 Å². The van der Waals surface area contributed by atoms with E-state index < -0.39 is 41.6 Å². The van der Waals surface area contributed by atoms with Crippen LogP contribution in [0.3, 0.4) is 0 Å². The second-order valence-electron chi connectivity index (χ2n) is 10.3. The van der Waals surface area contributed by atoms with Gasteiger partial charge in [0.1, 0.15) is 17.7 Å². The second kappa shape index (κ2) is 16.0. The number of rotatable bonds is 14. The smallest absolute Gasteiger partial charge is 0.408 e. The van der Waals surface area contributed by atoms with E-state index in [2.05, 4.69) is 23.8 Å². The van der Waals surface area contributed by atoms with E-state index in [9.17, 15) is 19.2 Å². The highest BCUT2D eigenvalue weighted by atomic mass is 16.6. The molecule has 0 aromatic heterocycles. The lowest BCUT2D eigenvalue weighted by atomic mass is 9.99. The van der Waals surface area contributed by atoms with Crippen molar-refractivity contribution in [1.29, 1.82) is 0 Å². The third kappa shape index (κ3) is 10.9. The van der Waals surface area contributed by atoms with Crippen LogP contribution in [-0.2, 0) is 30.3 Å². The van der Waals surface area contributed by atoms with Crippen molar-refractivity contribution in [2.24, 2.45) is 0 Å². The van der Waals surface area contributed by atoms with Gasteiger partial charge >= 0.3 is 12.1 Å². The minimum atomic E-state index is -1.10. The summed E-state index contributed by atoms with van der Waals surface area (Å²) >= 11 is 0. The first-order chi connectivity index (χ1) is 19.5. The molecule has 3 amide bonds. The number of carbonyl (C=O) groups excluding carboxylic acids is 4. The molecule has 0 aliphatic rings. The third-order valence-corrected chi connectivity index (χ3v) is 5.84. The first-order valence-electron chi connectivity index (χ1n) is 13.6. The molecule has 0 radical (unpaired) electrons. The Bertz CT molecular complexity index is 1210. The number of hydrogen-bond acceptors (Lipinski definition) is 6. The van der Waals surface area contributed by atoms with E-state index in [4.69, 9.17) is 9.47 Å². The van der Waals surface area contributed by atoms with Crippen LogP contribution in [0.25, 0.3) is 6.08 Å². The molecule has 2 rings (SSSR count). The lowest BCUT2D eigenvalue weighted by Gasteiger charge is -2.34. The van der Waals surface area contributed by atoms with Gasteiger partial charge in [0, 0.05) is 19.5 Å². The van der Waals surface area contributed by atoms with Crippen LogP contribution in [0.1, 0.15) is 56.8 Å². The number of hydrogen-bond donors (Lipinski definition) is 2. The Balaban J connectivity index is 2.49. The van der Waals surface area contributed by atoms with E-state index in [1.807, 2.05) is 36.4 Å². The van der Waals surface area contributed by atoms with Crippen LogP contribution in [-0.4, -0.2) is 60.1 Å². The number of nitrogens with zero attached hydrogens (tertiary/aromatic N) is 1. The SMILES string of the molecule is C=CCN(C(=O)C(Cc1ccccc1)NC(=O)OC(C)(C)C)C(C(=O)NCCC(=O)OCC)c1cccc(C=C)c1. The van der Waals surface area contributed by atoms with Crippen molar-refractivity contribution >= 4 is 30.0 Å². The van der Waals surface area contributed by atoms with Gasteiger partial charge < -0.3 is 25.0 Å². The molecule has 0 bridgehead atoms. The predicted molar refractivity (Wildman–Crippen MR) is 159 cm³/mol. The number of esters is 1. The zero-order chi connectivity index (χ0) is 30.4. The van der Waals surface area contributed by atoms with Gasteiger partial charge in [-0.25, -0.2) is 4.79 Å². The highest BCUT2D eigenvalue weighted by Crippen LogP contribution is 2.25. The average molecular weight is 564 g/mol. The van der Waals surface area contributed by atoms with Crippen molar-refractivity contribution < 1.29 is 28.7 Å². The first kappa shape index (κ1) is 32.8. The molecular weight excluding hydrogens is 522 g/mol. The average Bonchev–Trinajstić information content (AvgIpc) is 2.92. The molecule has 41 heavy (non-hydrogen) atoms. The molecule has 9 heteroatoms. The van der Waals surface area contributed by atoms with Crippen LogP contribution in [0.2, 0.25) is 0 Å². The molecule has 0 fully saturated rings. The van der Waals surface area contributed by atoms with E-state index in [-0.39, 0.29) is 32.5 Å². The van der Waals surface area contributed by atoms with Gasteiger partial charge in [-0.15, -0.1) is 6.58 Å². The summed E-state index contributed by atoms with van der Waals surface area (Å²) in [5, 5.41) is 5.46. The van der Waals surface area contributed by atoms with Crippen molar-refractivity contribution in [2.45, 2.75) is 58.2 Å². The van der Waals surface area contributed by atoms with Crippen LogP contribution in [0, 0.1) is 0 Å². The van der Waals surface area contributed by atoms with Gasteiger partial charge in [0.25, 0.3) is 0 Å². The highest BCUT2D eigenvalue weighted by Gasteiger charge is 2.36. The maximum Gasteiger partial charge on any atom is 0.408 e. The molecule has 0 heterocycles. The summed E-state index contributed by atoms with van der Waals surface area (Å²) in [6.45, 7) is 14.8. The maximum absolute atomic E-state index is 14.2. The summed E-state index contributed by atoms with van der Waals surface area (Å²) in [6, 6.07) is 14.2. The lowest BCUT2D eigenvalue weighted by Crippen LogP contribution is -2.54. The van der Waals surface area contributed by atoms with Gasteiger partial charge in [-0.2, -0.15) is 0 Å². The summed E-state index contributed by atoms with van der Waals surface area (Å²) < 4.78 is 10.4. The third-order valence-electron chi connectivity index (χ3n) is 5.84. The van der Waals surface area contributed by atoms with Crippen molar-refractivity contribution in [1.82, 2.24) is 15.5 Å². The summed E-state index contributed by atoms with van der Waals surface area (Å²) in [5.74, 6) is -1.45. The normalized spacial score (nSPS) is 12.3. The summed E-state index contributed by atoms with van der Waals surface area (Å²) in [6.07, 6.45) is 2.54. The van der Waals surface area contributed by atoms with Crippen molar-refractivity contribution in [2.75, 3.05) is 19.7 Å². The van der Waals surface area contributed by atoms with Crippen LogP contribution in [0.4, 0.5) is 4.79 Å². The molecule has 2 aromatic rings. The van der Waals surface area contributed by atoms with Crippen molar-refractivity contribution in [3.8, 4) is 0 Å². The quantitative estimate of drug-likeness (QED) is 0.257. The van der Waals surface area contributed by atoms with E-state index in [1.54, 1.807) is 52.0 Å². The van der Waals surface area contributed by atoms with E-state index in [1.165, 1.54) is 11.0 Å². The topological polar surface area (TPSA) is 114 Å². The number of carbonyl (C=O) groups is 4. The van der Waals surface area contributed by atoms with E-state index >= 15 is 0 Å². The molecule has 0 aliphatic heterocycles. The van der Waals surface area contributed by atoms with Crippen LogP contribution < -0.4 is 10.6 Å². The molecule has 0 saturated heterocycles. The second-order valence-corrected chi connectivity index (χ2v) is 10.3. The fraction of sp³-hybridized carbons (Fsp3) is 0.375. The zero-order valence-corrected chi connectivity index (χ0v) is 24.4. The summed E-state index contributed by atoms with van der Waals surface area (Å²) in [7, 11) is 0. The Hall–Kier alpha value is -4.40. The molecule has 0 aliphatic carbocycles. The van der Waals surface area contributed by atoms with Crippen LogP contribution in [0.15, 0.2) is 73.8 Å². The molecular formula is C32H41N3O6. The zero-order valence-electron chi connectivity index (χ0n) is 24.4. The standard InChI is InChI=1S/C32H41N3O6/c1-7-20-35(30(38)26(22-24-14-11-10-12-15-24)34-31(39)41-32(4,5)6)28(25-17-13-16-23(8-2)21-25)29(37)33-19-18-27(36)40-9-3/h7-8,10-17,21,26,28H,1-2,9,18-20,22H2,3-6H3,(H,33,37)(H,34,39). The maximum atomic E-state index is 14.2. The molecule has 9 nitrogen and oxygen atoms in total. The van der Waals surface area contributed by atoms with Gasteiger partial charge in [-0.05, 0) is 50.5 Å². The van der Waals surface area contributed by atoms with E-state index in [0.717, 1.165) is 11.1 Å². The minimum Gasteiger partial charge on any atom is -0.466 e. The number of alkyl carbamates (subject to hydrolysis) is 1. The molecule has 0 spiro atoms. The highest BCUT2D eigenvalue weighted by molar-refractivity contribution is 5.92. The number of benzene rings is 2. The minimum absolute atomic E-state index is 0.00833. The van der Waals surface area contributed by atoms with Gasteiger partial charge in [0.05, 0.1) is 13.0 Å². The van der Waals surface area contributed by atoms with Gasteiger partial charge in [-0.1, -0.05) is 67.3 Å². The first-order valence-corrected chi connectivity index (χ1v) is 13.6. The Kier molecular flexibility index (Phi) is 12.8. The molecule has 2 atom stereocenters. The molecule has 2 unspecified atom stereocenters. The Morgan fingerprint density at radius 2 is 1.73 bits per heavy atom. The van der Waals surface area contributed by atoms with Gasteiger partial charge in [0.15, 0.2) is 0 Å². The van der Waals surface area contributed by atoms with Gasteiger partial charge in [0.2, 0.25) is 11.8 Å². The Morgan fingerprint density at radius 1 is 1.02 bits per heavy atom.